The molecule has 1 rings (SSSR count). The van der Waals surface area contributed by atoms with Gasteiger partial charge < -0.3 is 0 Å². The van der Waals surface area contributed by atoms with E-state index in [1.807, 2.05) is 0 Å². The molecule has 17 heteroatoms. The maximum atomic E-state index is 14.0. The minimum atomic E-state index is -7.89. The average Bonchev–Trinajstić information content (AvgIpc) is 2.58. The molecule has 1 aromatic rings. The number of benzene rings is 1. The van der Waals surface area contributed by atoms with Gasteiger partial charge in [-0.15, -0.1) is 10.3 Å². The van der Waals surface area contributed by atoms with Crippen LogP contribution in [0.5, 0.6) is 0 Å². The van der Waals surface area contributed by atoms with Gasteiger partial charge in [0, 0.05) is 11.3 Å². The van der Waals surface area contributed by atoms with Crippen LogP contribution in [-0.2, 0) is 19.5 Å². The average molecular weight is 544 g/mol. The van der Waals surface area contributed by atoms with Crippen LogP contribution >= 0.6 is 10.3 Å². The normalized spacial score (nSPS) is 15.5. The van der Waals surface area contributed by atoms with E-state index >= 15 is 0 Å². The fourth-order valence-electron chi connectivity index (χ4n) is 2.39. The number of hydrogen-bond donors (Lipinski definition) is 0. The SMILES string of the molecule is CC(=O)c1ccccc1CS(C)(C)OS(=O)(=O)C(F)(F)C(F)(F)C(F)(F)C(F)(F)C(F)(F)F. The smallest absolute Gasteiger partial charge is 0.295 e. The quantitative estimate of drug-likeness (QED) is 0.293. The maximum absolute atomic E-state index is 14.0. The molecule has 4 nitrogen and oxygen atoms in total. The summed E-state index contributed by atoms with van der Waals surface area (Å²) in [6.45, 7) is 1.07. The molecule has 0 fully saturated rings. The number of alkyl halides is 11. The molecular weight excluding hydrogens is 529 g/mol. The van der Waals surface area contributed by atoms with E-state index in [-0.39, 0.29) is 11.1 Å². The summed E-state index contributed by atoms with van der Waals surface area (Å²) >= 11 is 0. The second kappa shape index (κ2) is 8.55. The Labute approximate surface area is 181 Å². The summed E-state index contributed by atoms with van der Waals surface area (Å²) in [4.78, 5) is 11.6. The number of Topliss-reactive ketones (excluding diaryl/α,β-unsaturated/α-hetero) is 1. The molecule has 0 bridgehead atoms. The van der Waals surface area contributed by atoms with Crippen LogP contribution in [0.25, 0.3) is 0 Å². The Morgan fingerprint density at radius 3 is 1.70 bits per heavy atom. The van der Waals surface area contributed by atoms with Crippen molar-refractivity contribution in [2.75, 3.05) is 12.5 Å². The van der Waals surface area contributed by atoms with Crippen LogP contribution in [-0.4, -0.2) is 55.9 Å². The summed E-state index contributed by atoms with van der Waals surface area (Å²) in [5, 5.41) is -7.22. The highest BCUT2D eigenvalue weighted by Gasteiger charge is 2.90. The fraction of sp³-hybridized carbons (Fsp3) is 0.562. The first-order valence-electron chi connectivity index (χ1n) is 8.19. The molecular formula is C16H15F11O4S2. The van der Waals surface area contributed by atoms with Gasteiger partial charge in [-0.2, -0.15) is 56.7 Å². The molecule has 33 heavy (non-hydrogen) atoms. The van der Waals surface area contributed by atoms with E-state index in [0.29, 0.717) is 0 Å². The van der Waals surface area contributed by atoms with Crippen LogP contribution in [0.2, 0.25) is 0 Å². The van der Waals surface area contributed by atoms with Crippen molar-refractivity contribution in [1.82, 2.24) is 0 Å². The highest BCUT2D eigenvalue weighted by Crippen LogP contribution is 2.60. The van der Waals surface area contributed by atoms with Crippen molar-refractivity contribution in [3.63, 3.8) is 0 Å². The second-order valence-corrected chi connectivity index (χ2v) is 12.2. The molecule has 0 spiro atoms. The predicted molar refractivity (Wildman–Crippen MR) is 95.4 cm³/mol. The Hall–Kier alpha value is -1.62. The van der Waals surface area contributed by atoms with Crippen molar-refractivity contribution >= 4 is 26.2 Å². The molecule has 0 atom stereocenters. The van der Waals surface area contributed by atoms with Gasteiger partial charge in [0.05, 0.1) is 0 Å². The van der Waals surface area contributed by atoms with Crippen LogP contribution in [0.3, 0.4) is 0 Å². The van der Waals surface area contributed by atoms with E-state index in [1.165, 1.54) is 24.3 Å². The molecule has 0 saturated heterocycles. The molecule has 1 aromatic carbocycles. The molecule has 0 aliphatic carbocycles. The number of carbonyl (C=O) groups excluding carboxylic acids is 1. The molecule has 0 unspecified atom stereocenters. The van der Waals surface area contributed by atoms with Crippen molar-refractivity contribution in [2.24, 2.45) is 0 Å². The molecule has 0 aliphatic heterocycles. The van der Waals surface area contributed by atoms with Gasteiger partial charge in [0.15, 0.2) is 5.78 Å². The summed E-state index contributed by atoms with van der Waals surface area (Å²) in [5.74, 6) is -24.7. The van der Waals surface area contributed by atoms with Crippen molar-refractivity contribution in [3.05, 3.63) is 35.4 Å². The Bertz CT molecular complexity index is 1000. The predicted octanol–water partition coefficient (Wildman–Crippen LogP) is 5.78. The topological polar surface area (TPSA) is 60.4 Å². The van der Waals surface area contributed by atoms with Crippen LogP contribution in [0, 0.1) is 0 Å². The van der Waals surface area contributed by atoms with Crippen LogP contribution in [0.1, 0.15) is 22.8 Å². The van der Waals surface area contributed by atoms with Gasteiger partial charge in [-0.05, 0) is 25.0 Å². The third kappa shape index (κ3) is 5.08. The van der Waals surface area contributed by atoms with E-state index < -0.39 is 61.2 Å². The van der Waals surface area contributed by atoms with E-state index in [4.69, 9.17) is 0 Å². The molecule has 0 amide bonds. The van der Waals surface area contributed by atoms with Gasteiger partial charge in [-0.25, -0.2) is 3.63 Å². The van der Waals surface area contributed by atoms with E-state index in [0.717, 1.165) is 19.4 Å². The Morgan fingerprint density at radius 2 is 1.27 bits per heavy atom. The van der Waals surface area contributed by atoms with Crippen molar-refractivity contribution in [2.45, 2.75) is 41.9 Å². The third-order valence-corrected chi connectivity index (χ3v) is 8.08. The molecule has 0 saturated carbocycles. The van der Waals surface area contributed by atoms with E-state index in [9.17, 15) is 61.5 Å². The monoisotopic (exact) mass is 544 g/mol. The number of rotatable bonds is 9. The van der Waals surface area contributed by atoms with Gasteiger partial charge in [-0.3, -0.25) is 4.79 Å². The summed E-state index contributed by atoms with van der Waals surface area (Å²) in [7, 11) is -10.7. The van der Waals surface area contributed by atoms with Gasteiger partial charge in [-0.1, -0.05) is 24.3 Å². The molecule has 0 aliphatic rings. The summed E-state index contributed by atoms with van der Waals surface area (Å²) in [5.41, 5.74) is -0.0864. The lowest BCUT2D eigenvalue weighted by atomic mass is 10.0. The molecule has 0 heterocycles. The molecule has 192 valence electrons. The fourth-order valence-corrected chi connectivity index (χ4v) is 6.31. The Morgan fingerprint density at radius 1 is 0.818 bits per heavy atom. The Balaban J connectivity index is 3.42. The maximum Gasteiger partial charge on any atom is 0.460 e. The number of halogens is 11. The van der Waals surface area contributed by atoms with Crippen LogP contribution in [0.4, 0.5) is 48.3 Å². The lowest BCUT2D eigenvalue weighted by Crippen LogP contribution is -2.68. The number of hydrogen-bond acceptors (Lipinski definition) is 4. The van der Waals surface area contributed by atoms with E-state index in [1.54, 1.807) is 0 Å². The summed E-state index contributed by atoms with van der Waals surface area (Å²) < 4.78 is 172. The zero-order valence-corrected chi connectivity index (χ0v) is 18.3. The summed E-state index contributed by atoms with van der Waals surface area (Å²) in [6.07, 6.45) is -5.90. The zero-order chi connectivity index (χ0) is 26.5. The lowest BCUT2D eigenvalue weighted by molar-refractivity contribution is -0.413. The molecule has 0 aromatic heterocycles. The van der Waals surface area contributed by atoms with Crippen molar-refractivity contribution in [3.8, 4) is 0 Å². The van der Waals surface area contributed by atoms with Crippen molar-refractivity contribution in [1.29, 1.82) is 0 Å². The van der Waals surface area contributed by atoms with Gasteiger partial charge in [0.25, 0.3) is 0 Å². The minimum Gasteiger partial charge on any atom is -0.295 e. The highest BCUT2D eigenvalue weighted by molar-refractivity contribution is 8.31. The molecule has 0 N–H and O–H groups in total. The standard InChI is InChI=1S/C16H15F11O4S2/c1-9(28)11-7-5-4-6-10(11)8-32(2,3)31-33(29,30)16(26,27)14(21,22)12(17,18)13(19,20)15(23,24)25/h4-7H,8H2,1-3H3. The first-order valence-corrected chi connectivity index (χ1v) is 12.1. The van der Waals surface area contributed by atoms with E-state index in [2.05, 4.69) is 3.63 Å². The van der Waals surface area contributed by atoms with Crippen LogP contribution < -0.4 is 0 Å². The number of carbonyl (C=O) groups is 1. The lowest BCUT2D eigenvalue weighted by Gasteiger charge is -2.38. The molecule has 0 radical (unpaired) electrons. The zero-order valence-electron chi connectivity index (χ0n) is 16.6. The first kappa shape index (κ1) is 29.4. The minimum absolute atomic E-state index is 0.0239. The first-order chi connectivity index (χ1) is 14.4. The van der Waals surface area contributed by atoms with Gasteiger partial charge in [0.2, 0.25) is 0 Å². The van der Waals surface area contributed by atoms with Crippen LogP contribution in [0.15, 0.2) is 24.3 Å². The van der Waals surface area contributed by atoms with Crippen molar-refractivity contribution < 1.29 is 65.1 Å². The number of ketones is 1. The second-order valence-electron chi connectivity index (χ2n) is 7.05. The third-order valence-electron chi connectivity index (χ3n) is 4.00. The van der Waals surface area contributed by atoms with Gasteiger partial charge in [0.1, 0.15) is 0 Å². The summed E-state index contributed by atoms with van der Waals surface area (Å²) in [6, 6.07) is 5.10. The Kier molecular flexibility index (Phi) is 7.62. The largest absolute Gasteiger partial charge is 0.460 e. The van der Waals surface area contributed by atoms with Gasteiger partial charge >= 0.3 is 39.3 Å². The highest BCUT2D eigenvalue weighted by atomic mass is 32.3.